The van der Waals surface area contributed by atoms with Crippen LogP contribution >= 0.6 is 0 Å². The first kappa shape index (κ1) is 10.9. The van der Waals surface area contributed by atoms with Crippen molar-refractivity contribution in [1.82, 2.24) is 0 Å². The van der Waals surface area contributed by atoms with E-state index in [1.165, 1.54) is 41.8 Å². The summed E-state index contributed by atoms with van der Waals surface area (Å²) >= 11 is 0. The first-order valence-corrected chi connectivity index (χ1v) is 7.09. The van der Waals surface area contributed by atoms with Crippen LogP contribution in [0.5, 0.6) is 0 Å². The van der Waals surface area contributed by atoms with E-state index >= 15 is 0 Å². The van der Waals surface area contributed by atoms with E-state index in [0.29, 0.717) is 6.04 Å². The summed E-state index contributed by atoms with van der Waals surface area (Å²) in [4.78, 5) is 2.51. The van der Waals surface area contributed by atoms with E-state index < -0.39 is 0 Å². The van der Waals surface area contributed by atoms with Gasteiger partial charge in [-0.3, -0.25) is 0 Å². The summed E-state index contributed by atoms with van der Waals surface area (Å²) in [5, 5.41) is 0. The molecule has 4 rings (SSSR count). The van der Waals surface area contributed by atoms with Crippen molar-refractivity contribution in [3.8, 4) is 0 Å². The average Bonchev–Trinajstić information content (AvgIpc) is 2.83. The van der Waals surface area contributed by atoms with Crippen LogP contribution in [0.15, 0.2) is 60.7 Å². The van der Waals surface area contributed by atoms with Crippen molar-refractivity contribution in [2.75, 3.05) is 4.90 Å². The molecule has 1 unspecified atom stereocenters. The number of fused-ring (bicyclic) bond motifs is 3. The molecule has 0 radical (unpaired) electrons. The molecule has 0 bridgehead atoms. The fourth-order valence-electron chi connectivity index (χ4n) is 3.42. The van der Waals surface area contributed by atoms with E-state index in [4.69, 9.17) is 0 Å². The van der Waals surface area contributed by atoms with Crippen LogP contribution in [-0.2, 0) is 0 Å². The monoisotopic (exact) mass is 247 g/mol. The minimum absolute atomic E-state index is 0.536. The summed E-state index contributed by atoms with van der Waals surface area (Å²) in [5.74, 6) is 0. The first-order chi connectivity index (χ1) is 9.45. The number of para-hydroxylation sites is 2. The van der Waals surface area contributed by atoms with Gasteiger partial charge in [0.2, 0.25) is 0 Å². The molecule has 0 saturated carbocycles. The zero-order valence-electron chi connectivity index (χ0n) is 10.9. The Morgan fingerprint density at radius 3 is 2.58 bits per heavy atom. The highest BCUT2D eigenvalue weighted by Crippen LogP contribution is 2.47. The van der Waals surface area contributed by atoms with Crippen LogP contribution < -0.4 is 4.90 Å². The van der Waals surface area contributed by atoms with Gasteiger partial charge in [0.25, 0.3) is 0 Å². The van der Waals surface area contributed by atoms with Gasteiger partial charge < -0.3 is 4.90 Å². The number of hydrogen-bond acceptors (Lipinski definition) is 1. The van der Waals surface area contributed by atoms with E-state index in [1.54, 1.807) is 0 Å². The van der Waals surface area contributed by atoms with E-state index in [2.05, 4.69) is 65.6 Å². The minimum Gasteiger partial charge on any atom is -0.333 e. The summed E-state index contributed by atoms with van der Waals surface area (Å²) in [6.07, 6.45) is 6.22. The average molecular weight is 247 g/mol. The lowest BCUT2D eigenvalue weighted by Gasteiger charge is -2.29. The van der Waals surface area contributed by atoms with Gasteiger partial charge in [-0.25, -0.2) is 0 Å². The van der Waals surface area contributed by atoms with E-state index in [0.717, 1.165) is 0 Å². The SMILES string of the molecule is C1=C2c3ccccc3N(c3ccccc3)C2CCC1. The van der Waals surface area contributed by atoms with Crippen LogP contribution in [0.3, 0.4) is 0 Å². The van der Waals surface area contributed by atoms with Gasteiger partial charge in [0.05, 0.1) is 6.04 Å². The number of anilines is 2. The number of rotatable bonds is 1. The molecule has 0 fully saturated rings. The minimum atomic E-state index is 0.536. The Bertz CT molecular complexity index is 627. The number of benzene rings is 2. The molecule has 2 aromatic rings. The molecule has 1 atom stereocenters. The summed E-state index contributed by atoms with van der Waals surface area (Å²) in [6.45, 7) is 0. The van der Waals surface area contributed by atoms with Gasteiger partial charge >= 0.3 is 0 Å². The van der Waals surface area contributed by atoms with Crippen molar-refractivity contribution in [3.05, 3.63) is 66.2 Å². The molecule has 0 spiro atoms. The summed E-state index contributed by atoms with van der Waals surface area (Å²) < 4.78 is 0. The second kappa shape index (κ2) is 4.27. The van der Waals surface area contributed by atoms with Crippen LogP contribution in [0.2, 0.25) is 0 Å². The van der Waals surface area contributed by atoms with Crippen LogP contribution in [-0.4, -0.2) is 6.04 Å². The quantitative estimate of drug-likeness (QED) is 0.701. The molecule has 1 aliphatic heterocycles. The molecular weight excluding hydrogens is 230 g/mol. The molecule has 1 heterocycles. The fraction of sp³-hybridized carbons (Fsp3) is 0.222. The first-order valence-electron chi connectivity index (χ1n) is 7.09. The number of hydrogen-bond donors (Lipinski definition) is 0. The van der Waals surface area contributed by atoms with Gasteiger partial charge in [-0.2, -0.15) is 0 Å². The Balaban J connectivity index is 1.91. The van der Waals surface area contributed by atoms with E-state index in [9.17, 15) is 0 Å². The molecule has 2 aromatic carbocycles. The van der Waals surface area contributed by atoms with Gasteiger partial charge in [0.15, 0.2) is 0 Å². The highest BCUT2D eigenvalue weighted by molar-refractivity contribution is 5.92. The van der Waals surface area contributed by atoms with Gasteiger partial charge in [-0.1, -0.05) is 42.5 Å². The second-order valence-corrected chi connectivity index (χ2v) is 5.33. The Hall–Kier alpha value is -2.02. The van der Waals surface area contributed by atoms with Crippen LogP contribution in [0.1, 0.15) is 24.8 Å². The van der Waals surface area contributed by atoms with Crippen LogP contribution in [0.25, 0.3) is 5.57 Å². The lowest BCUT2D eigenvalue weighted by Crippen LogP contribution is -2.27. The molecule has 2 aliphatic rings. The molecule has 1 heteroatoms. The smallest absolute Gasteiger partial charge is 0.0595 e. The lowest BCUT2D eigenvalue weighted by molar-refractivity contribution is 0.659. The summed E-state index contributed by atoms with van der Waals surface area (Å²) in [6, 6.07) is 20.1. The van der Waals surface area contributed by atoms with Gasteiger partial charge in [-0.15, -0.1) is 0 Å². The fourth-order valence-corrected chi connectivity index (χ4v) is 3.42. The van der Waals surface area contributed by atoms with E-state index in [-0.39, 0.29) is 0 Å². The Morgan fingerprint density at radius 2 is 1.68 bits per heavy atom. The maximum atomic E-state index is 2.51. The topological polar surface area (TPSA) is 3.24 Å². The highest BCUT2D eigenvalue weighted by Gasteiger charge is 2.35. The van der Waals surface area contributed by atoms with Crippen molar-refractivity contribution in [3.63, 3.8) is 0 Å². The standard InChI is InChI=1S/C18H17N/c1-2-8-14(9-3-1)19-17-12-6-4-10-15(17)16-11-5-7-13-18(16)19/h1-4,6,8-12,18H,5,7,13H2. The maximum Gasteiger partial charge on any atom is 0.0595 e. The molecule has 19 heavy (non-hydrogen) atoms. The molecule has 0 amide bonds. The van der Waals surface area contributed by atoms with Crippen molar-refractivity contribution in [2.24, 2.45) is 0 Å². The van der Waals surface area contributed by atoms with Crippen LogP contribution in [0.4, 0.5) is 11.4 Å². The largest absolute Gasteiger partial charge is 0.333 e. The molecule has 94 valence electrons. The predicted octanol–water partition coefficient (Wildman–Crippen LogP) is 4.77. The molecule has 1 aliphatic carbocycles. The number of nitrogens with zero attached hydrogens (tertiary/aromatic N) is 1. The third-order valence-electron chi connectivity index (χ3n) is 4.23. The van der Waals surface area contributed by atoms with Gasteiger partial charge in [0, 0.05) is 16.9 Å². The van der Waals surface area contributed by atoms with Crippen molar-refractivity contribution < 1.29 is 0 Å². The zero-order chi connectivity index (χ0) is 12.7. The zero-order valence-corrected chi connectivity index (χ0v) is 10.9. The van der Waals surface area contributed by atoms with Crippen molar-refractivity contribution in [1.29, 1.82) is 0 Å². The van der Waals surface area contributed by atoms with Gasteiger partial charge in [0.1, 0.15) is 0 Å². The Morgan fingerprint density at radius 1 is 0.895 bits per heavy atom. The van der Waals surface area contributed by atoms with Crippen molar-refractivity contribution >= 4 is 16.9 Å². The Kier molecular flexibility index (Phi) is 2.44. The number of allylic oxidation sites excluding steroid dienone is 1. The molecule has 1 nitrogen and oxygen atoms in total. The maximum absolute atomic E-state index is 2.51. The third kappa shape index (κ3) is 1.61. The predicted molar refractivity (Wildman–Crippen MR) is 80.6 cm³/mol. The second-order valence-electron chi connectivity index (χ2n) is 5.33. The lowest BCUT2D eigenvalue weighted by atomic mass is 9.92. The van der Waals surface area contributed by atoms with E-state index in [1.807, 2.05) is 0 Å². The molecular formula is C18H17N. The molecule has 0 aromatic heterocycles. The summed E-state index contributed by atoms with van der Waals surface area (Å²) in [5.41, 5.74) is 5.64. The molecule has 0 saturated heterocycles. The normalized spacial score (nSPS) is 20.7. The Labute approximate surface area is 114 Å². The van der Waals surface area contributed by atoms with Gasteiger partial charge in [-0.05, 0) is 43.0 Å². The van der Waals surface area contributed by atoms with Crippen LogP contribution in [0, 0.1) is 0 Å². The highest BCUT2D eigenvalue weighted by atomic mass is 15.2. The summed E-state index contributed by atoms with van der Waals surface area (Å²) in [7, 11) is 0. The molecule has 0 N–H and O–H groups in total. The van der Waals surface area contributed by atoms with Crippen molar-refractivity contribution in [2.45, 2.75) is 25.3 Å². The third-order valence-corrected chi connectivity index (χ3v) is 4.23.